The van der Waals surface area contributed by atoms with Gasteiger partial charge in [-0.05, 0) is 36.0 Å². The van der Waals surface area contributed by atoms with E-state index in [1.54, 1.807) is 23.4 Å². The highest BCUT2D eigenvalue weighted by molar-refractivity contribution is 5.97. The predicted octanol–water partition coefficient (Wildman–Crippen LogP) is 1.33. The predicted molar refractivity (Wildman–Crippen MR) is 124 cm³/mol. The van der Waals surface area contributed by atoms with Gasteiger partial charge in [-0.3, -0.25) is 9.59 Å². The number of benzene rings is 1. The highest BCUT2D eigenvalue weighted by atomic mass is 16.4. The van der Waals surface area contributed by atoms with Crippen LogP contribution < -0.4 is 11.1 Å². The molecule has 3 aromatic rings. The van der Waals surface area contributed by atoms with Crippen molar-refractivity contribution in [3.8, 4) is 11.5 Å². The van der Waals surface area contributed by atoms with Crippen molar-refractivity contribution in [3.05, 3.63) is 65.3 Å². The van der Waals surface area contributed by atoms with E-state index in [9.17, 15) is 9.59 Å². The third-order valence-corrected chi connectivity index (χ3v) is 6.16. The molecule has 1 amide bonds. The zero-order valence-electron chi connectivity index (χ0n) is 18.6. The molecule has 2 aromatic heterocycles. The number of carbonyl (C=O) groups is 2. The normalized spacial score (nSPS) is 15.7. The van der Waals surface area contributed by atoms with E-state index < -0.39 is 0 Å². The fraction of sp³-hybridized carbons (Fsp3) is 0.333. The van der Waals surface area contributed by atoms with E-state index in [0.29, 0.717) is 36.6 Å². The molecular weight excluding hydrogens is 434 g/mol. The van der Waals surface area contributed by atoms with E-state index in [1.165, 1.54) is 11.1 Å². The standard InChI is InChI=1S/C24H25N7O3/c25-12-20(32)15-5-7-31(8-6-15)22(33)11-21-29-30-23(34-21)18-13-26-24(27-14-18)28-19-9-16-3-1-2-4-17(16)10-19/h1-5,13-14,19H,6-12,25H2,(H,26,27,28). The fourth-order valence-electron chi connectivity index (χ4n) is 4.32. The minimum absolute atomic E-state index is 0.0102. The van der Waals surface area contributed by atoms with Crippen molar-refractivity contribution in [2.24, 2.45) is 5.73 Å². The maximum atomic E-state index is 12.6. The number of nitrogens with zero attached hydrogens (tertiary/aromatic N) is 5. The molecule has 2 aliphatic rings. The summed E-state index contributed by atoms with van der Waals surface area (Å²) in [5.41, 5.74) is 9.38. The van der Waals surface area contributed by atoms with Crippen LogP contribution in [0.2, 0.25) is 0 Å². The Morgan fingerprint density at radius 2 is 1.85 bits per heavy atom. The van der Waals surface area contributed by atoms with Crippen LogP contribution in [0, 0.1) is 0 Å². The Morgan fingerprint density at radius 1 is 1.12 bits per heavy atom. The minimum atomic E-state index is -0.140. The van der Waals surface area contributed by atoms with Gasteiger partial charge in [-0.15, -0.1) is 10.2 Å². The lowest BCUT2D eigenvalue weighted by Gasteiger charge is -2.25. The molecule has 174 valence electrons. The molecule has 5 rings (SSSR count). The van der Waals surface area contributed by atoms with Crippen LogP contribution in [0.1, 0.15) is 23.4 Å². The van der Waals surface area contributed by atoms with Crippen molar-refractivity contribution in [2.45, 2.75) is 31.7 Å². The van der Waals surface area contributed by atoms with Gasteiger partial charge in [0, 0.05) is 31.5 Å². The summed E-state index contributed by atoms with van der Waals surface area (Å²) in [6.45, 7) is 0.821. The Bertz CT molecular complexity index is 1210. The molecule has 34 heavy (non-hydrogen) atoms. The molecule has 0 radical (unpaired) electrons. The van der Waals surface area contributed by atoms with Crippen molar-refractivity contribution >= 4 is 17.6 Å². The molecule has 1 aliphatic heterocycles. The quantitative estimate of drug-likeness (QED) is 0.535. The lowest BCUT2D eigenvalue weighted by molar-refractivity contribution is -0.130. The molecule has 0 atom stereocenters. The summed E-state index contributed by atoms with van der Waals surface area (Å²) >= 11 is 0. The largest absolute Gasteiger partial charge is 0.420 e. The van der Waals surface area contributed by atoms with Gasteiger partial charge >= 0.3 is 0 Å². The number of rotatable bonds is 7. The molecule has 0 saturated heterocycles. The third kappa shape index (κ3) is 4.72. The number of hydrogen-bond donors (Lipinski definition) is 2. The molecule has 0 saturated carbocycles. The molecule has 3 heterocycles. The number of nitrogens with one attached hydrogen (secondary N) is 1. The van der Waals surface area contributed by atoms with Crippen LogP contribution in [0.5, 0.6) is 0 Å². The lowest BCUT2D eigenvalue weighted by Crippen LogP contribution is -2.37. The summed E-state index contributed by atoms with van der Waals surface area (Å²) in [4.78, 5) is 34.7. The van der Waals surface area contributed by atoms with Gasteiger partial charge in [-0.1, -0.05) is 30.3 Å². The molecule has 10 nitrogen and oxygen atoms in total. The van der Waals surface area contributed by atoms with Gasteiger partial charge in [0.15, 0.2) is 5.78 Å². The number of anilines is 1. The van der Waals surface area contributed by atoms with Crippen LogP contribution in [0.15, 0.2) is 52.7 Å². The lowest BCUT2D eigenvalue weighted by atomic mass is 10.0. The molecule has 1 aromatic carbocycles. The van der Waals surface area contributed by atoms with Gasteiger partial charge in [0.05, 0.1) is 12.1 Å². The number of Topliss-reactive ketones (excluding diaryl/α,β-unsaturated/α-hetero) is 1. The average Bonchev–Trinajstić information content (AvgIpc) is 3.50. The van der Waals surface area contributed by atoms with Gasteiger partial charge in [0.2, 0.25) is 17.7 Å². The molecule has 0 fully saturated rings. The summed E-state index contributed by atoms with van der Waals surface area (Å²) < 4.78 is 5.67. The third-order valence-electron chi connectivity index (χ3n) is 6.16. The van der Waals surface area contributed by atoms with E-state index >= 15 is 0 Å². The molecule has 0 bridgehead atoms. The Hall–Kier alpha value is -3.92. The van der Waals surface area contributed by atoms with Gasteiger partial charge in [0.25, 0.3) is 5.89 Å². The first-order valence-electron chi connectivity index (χ1n) is 11.3. The first-order chi connectivity index (χ1) is 16.6. The van der Waals surface area contributed by atoms with Crippen molar-refractivity contribution in [3.63, 3.8) is 0 Å². The van der Waals surface area contributed by atoms with E-state index in [-0.39, 0.29) is 42.5 Å². The van der Waals surface area contributed by atoms with Crippen molar-refractivity contribution in [1.29, 1.82) is 0 Å². The highest BCUT2D eigenvalue weighted by Crippen LogP contribution is 2.24. The summed E-state index contributed by atoms with van der Waals surface area (Å²) in [7, 11) is 0. The van der Waals surface area contributed by atoms with Gasteiger partial charge in [0.1, 0.15) is 6.42 Å². The van der Waals surface area contributed by atoms with Crippen LogP contribution in [0.25, 0.3) is 11.5 Å². The number of nitrogens with two attached hydrogens (primary N) is 1. The van der Waals surface area contributed by atoms with E-state index in [1.807, 2.05) is 0 Å². The summed E-state index contributed by atoms with van der Waals surface area (Å²) in [6, 6.07) is 8.69. The van der Waals surface area contributed by atoms with Gasteiger partial charge in [-0.2, -0.15) is 0 Å². The second kappa shape index (κ2) is 9.52. The smallest absolute Gasteiger partial charge is 0.250 e. The molecule has 10 heteroatoms. The SMILES string of the molecule is NCC(=O)C1=CCN(C(=O)Cc2nnc(-c3cnc(NC4Cc5ccccc5C4)nc3)o2)CC1. The summed E-state index contributed by atoms with van der Waals surface area (Å²) in [5.74, 6) is 0.808. The molecule has 1 aliphatic carbocycles. The molecule has 0 spiro atoms. The fourth-order valence-corrected chi connectivity index (χ4v) is 4.32. The summed E-state index contributed by atoms with van der Waals surface area (Å²) in [5, 5.41) is 11.4. The number of hydrogen-bond acceptors (Lipinski definition) is 9. The number of aromatic nitrogens is 4. The molecule has 3 N–H and O–H groups in total. The van der Waals surface area contributed by atoms with Crippen molar-refractivity contribution < 1.29 is 14.0 Å². The second-order valence-electron chi connectivity index (χ2n) is 8.44. The zero-order valence-corrected chi connectivity index (χ0v) is 18.6. The Balaban J connectivity index is 1.16. The van der Waals surface area contributed by atoms with Gasteiger partial charge in [-0.25, -0.2) is 9.97 Å². The Kier molecular flexibility index (Phi) is 6.13. The number of fused-ring (bicyclic) bond motifs is 1. The maximum absolute atomic E-state index is 12.6. The maximum Gasteiger partial charge on any atom is 0.250 e. The van der Waals surface area contributed by atoms with Crippen LogP contribution in [-0.4, -0.2) is 62.4 Å². The number of ketones is 1. The highest BCUT2D eigenvalue weighted by Gasteiger charge is 2.23. The van der Waals surface area contributed by atoms with Crippen molar-refractivity contribution in [1.82, 2.24) is 25.1 Å². The van der Waals surface area contributed by atoms with Gasteiger partial charge < -0.3 is 20.4 Å². The van der Waals surface area contributed by atoms with Crippen LogP contribution in [0.4, 0.5) is 5.95 Å². The summed E-state index contributed by atoms with van der Waals surface area (Å²) in [6.07, 6.45) is 7.39. The van der Waals surface area contributed by atoms with E-state index in [0.717, 1.165) is 12.8 Å². The Morgan fingerprint density at radius 3 is 2.50 bits per heavy atom. The van der Waals surface area contributed by atoms with Crippen LogP contribution in [-0.2, 0) is 28.9 Å². The van der Waals surface area contributed by atoms with Crippen LogP contribution in [0.3, 0.4) is 0 Å². The number of carbonyl (C=O) groups excluding carboxylic acids is 2. The monoisotopic (exact) mass is 459 g/mol. The topological polar surface area (TPSA) is 140 Å². The average molecular weight is 460 g/mol. The molecule has 0 unspecified atom stereocenters. The van der Waals surface area contributed by atoms with Crippen molar-refractivity contribution in [2.75, 3.05) is 25.0 Å². The number of amides is 1. The minimum Gasteiger partial charge on any atom is -0.420 e. The first kappa shape index (κ1) is 21.9. The van der Waals surface area contributed by atoms with E-state index in [4.69, 9.17) is 10.2 Å². The van der Waals surface area contributed by atoms with Crippen LogP contribution >= 0.6 is 0 Å². The zero-order chi connectivity index (χ0) is 23.5. The first-order valence-corrected chi connectivity index (χ1v) is 11.3. The van der Waals surface area contributed by atoms with E-state index in [2.05, 4.69) is 49.7 Å². The second-order valence-corrected chi connectivity index (χ2v) is 8.44. The molecular formula is C24H25N7O3. The Labute approximate surface area is 196 Å².